The summed E-state index contributed by atoms with van der Waals surface area (Å²) in [5, 5.41) is 9.15. The molecule has 1 fully saturated rings. The fraction of sp³-hybridized carbons (Fsp3) is 0.600. The highest BCUT2D eigenvalue weighted by molar-refractivity contribution is 5.77. The number of methoxy groups -OCH3 is 1. The number of carbonyl (C=O) groups excluding carboxylic acids is 1. The van der Waals surface area contributed by atoms with Crippen molar-refractivity contribution in [2.45, 2.75) is 45.4 Å². The van der Waals surface area contributed by atoms with Crippen LogP contribution in [0.25, 0.3) is 0 Å². The summed E-state index contributed by atoms with van der Waals surface area (Å²) in [7, 11) is 1.66. The third kappa shape index (κ3) is 5.76. The van der Waals surface area contributed by atoms with Gasteiger partial charge in [0.1, 0.15) is 5.75 Å². The zero-order valence-electron chi connectivity index (χ0n) is 15.2. The van der Waals surface area contributed by atoms with Crippen LogP contribution in [0.15, 0.2) is 24.3 Å². The fourth-order valence-electron chi connectivity index (χ4n) is 3.47. The largest absolute Gasteiger partial charge is 0.497 e. The Morgan fingerprint density at radius 2 is 1.92 bits per heavy atom. The van der Waals surface area contributed by atoms with Gasteiger partial charge < -0.3 is 14.7 Å². The third-order valence-corrected chi connectivity index (χ3v) is 5.09. The minimum absolute atomic E-state index is 0.0327. The number of carboxylic acids is 1. The average Bonchev–Trinajstić information content (AvgIpc) is 2.61. The van der Waals surface area contributed by atoms with E-state index in [9.17, 15) is 9.59 Å². The predicted molar refractivity (Wildman–Crippen MR) is 96.7 cm³/mol. The lowest BCUT2D eigenvalue weighted by Gasteiger charge is -2.35. The normalized spacial score (nSPS) is 20.3. The molecule has 0 aliphatic carbocycles. The van der Waals surface area contributed by atoms with Crippen LogP contribution in [0.2, 0.25) is 0 Å². The van der Waals surface area contributed by atoms with Crippen molar-refractivity contribution < 1.29 is 19.4 Å². The number of hydrogen-bond acceptors (Lipinski definition) is 3. The van der Waals surface area contributed by atoms with E-state index in [1.807, 2.05) is 24.0 Å². The van der Waals surface area contributed by atoms with Gasteiger partial charge >= 0.3 is 5.97 Å². The van der Waals surface area contributed by atoms with Gasteiger partial charge in [0.15, 0.2) is 0 Å². The lowest BCUT2D eigenvalue weighted by atomic mass is 9.87. The molecule has 1 aliphatic rings. The van der Waals surface area contributed by atoms with E-state index in [0.29, 0.717) is 25.9 Å². The summed E-state index contributed by atoms with van der Waals surface area (Å²) in [6.45, 7) is 3.07. The molecule has 0 saturated carbocycles. The molecule has 138 valence electrons. The van der Waals surface area contributed by atoms with Gasteiger partial charge in [-0.3, -0.25) is 9.59 Å². The molecule has 0 spiro atoms. The van der Waals surface area contributed by atoms with E-state index in [2.05, 4.69) is 12.1 Å². The van der Waals surface area contributed by atoms with Crippen molar-refractivity contribution in [2.75, 3.05) is 20.2 Å². The number of amides is 1. The number of ether oxygens (including phenoxy) is 1. The Bertz CT molecular complexity index is 570. The van der Waals surface area contributed by atoms with Crippen molar-refractivity contribution in [1.29, 1.82) is 0 Å². The highest BCUT2D eigenvalue weighted by Crippen LogP contribution is 2.24. The smallest absolute Gasteiger partial charge is 0.306 e. The van der Waals surface area contributed by atoms with Crippen molar-refractivity contribution in [2.24, 2.45) is 11.8 Å². The van der Waals surface area contributed by atoms with Crippen molar-refractivity contribution in [3.63, 3.8) is 0 Å². The monoisotopic (exact) mass is 347 g/mol. The van der Waals surface area contributed by atoms with Crippen LogP contribution in [0.3, 0.4) is 0 Å². The number of aliphatic carboxylic acids is 1. The molecule has 5 nitrogen and oxygen atoms in total. The zero-order valence-corrected chi connectivity index (χ0v) is 15.2. The molecule has 1 amide bonds. The van der Waals surface area contributed by atoms with Gasteiger partial charge in [0, 0.05) is 19.5 Å². The standard InChI is InChI=1S/C20H29NO4/c1-15-14-21(13-12-18(15)20(23)24)19(22)7-5-3-4-6-16-8-10-17(25-2)11-9-16/h8-11,15,18H,3-7,12-14H2,1-2H3,(H,23,24). The van der Waals surface area contributed by atoms with Gasteiger partial charge in [0.2, 0.25) is 5.91 Å². The SMILES string of the molecule is COc1ccc(CCCCCC(=O)N2CCC(C(=O)O)C(C)C2)cc1. The second kappa shape index (κ2) is 9.44. The average molecular weight is 347 g/mol. The summed E-state index contributed by atoms with van der Waals surface area (Å²) >= 11 is 0. The quantitative estimate of drug-likeness (QED) is 0.732. The Morgan fingerprint density at radius 3 is 2.52 bits per heavy atom. The highest BCUT2D eigenvalue weighted by atomic mass is 16.5. The molecule has 1 heterocycles. The number of piperidine rings is 1. The molecule has 1 aliphatic heterocycles. The number of unbranched alkanes of at least 4 members (excludes halogenated alkanes) is 2. The van der Waals surface area contributed by atoms with E-state index in [0.717, 1.165) is 31.4 Å². The molecule has 1 N–H and O–H groups in total. The molecule has 0 aromatic heterocycles. The van der Waals surface area contributed by atoms with Crippen molar-refractivity contribution >= 4 is 11.9 Å². The summed E-state index contributed by atoms with van der Waals surface area (Å²) in [6.07, 6.45) is 5.13. The van der Waals surface area contributed by atoms with Crippen LogP contribution in [-0.4, -0.2) is 42.1 Å². The number of hydrogen-bond donors (Lipinski definition) is 1. The van der Waals surface area contributed by atoms with E-state index in [1.165, 1.54) is 5.56 Å². The number of aryl methyl sites for hydroxylation is 1. The summed E-state index contributed by atoms with van der Waals surface area (Å²) in [4.78, 5) is 25.3. The minimum atomic E-state index is -0.738. The van der Waals surface area contributed by atoms with Gasteiger partial charge in [-0.15, -0.1) is 0 Å². The van der Waals surface area contributed by atoms with Gasteiger partial charge in [-0.1, -0.05) is 25.5 Å². The Morgan fingerprint density at radius 1 is 1.20 bits per heavy atom. The van der Waals surface area contributed by atoms with E-state index in [4.69, 9.17) is 9.84 Å². The molecule has 2 atom stereocenters. The van der Waals surface area contributed by atoms with Gasteiger partial charge in [-0.2, -0.15) is 0 Å². The Hall–Kier alpha value is -2.04. The topological polar surface area (TPSA) is 66.8 Å². The summed E-state index contributed by atoms with van der Waals surface area (Å²) in [5.41, 5.74) is 1.29. The highest BCUT2D eigenvalue weighted by Gasteiger charge is 2.32. The predicted octanol–water partition coefficient (Wildman–Crippen LogP) is 3.37. The number of likely N-dealkylation sites (tertiary alicyclic amines) is 1. The lowest BCUT2D eigenvalue weighted by molar-refractivity contribution is -0.148. The second-order valence-corrected chi connectivity index (χ2v) is 6.96. The van der Waals surface area contributed by atoms with E-state index in [-0.39, 0.29) is 17.7 Å². The molecule has 2 unspecified atom stereocenters. The summed E-state index contributed by atoms with van der Waals surface area (Å²) in [5.74, 6) is 0.0207. The first-order chi connectivity index (χ1) is 12.0. The Balaban J connectivity index is 1.63. The van der Waals surface area contributed by atoms with Crippen molar-refractivity contribution in [3.05, 3.63) is 29.8 Å². The van der Waals surface area contributed by atoms with Crippen LogP contribution in [0, 0.1) is 11.8 Å². The minimum Gasteiger partial charge on any atom is -0.497 e. The zero-order chi connectivity index (χ0) is 18.2. The van der Waals surface area contributed by atoms with E-state index >= 15 is 0 Å². The number of nitrogens with zero attached hydrogens (tertiary/aromatic N) is 1. The van der Waals surface area contributed by atoms with Gasteiger partial charge in [0.05, 0.1) is 13.0 Å². The maximum atomic E-state index is 12.3. The number of rotatable bonds is 8. The first-order valence-corrected chi connectivity index (χ1v) is 9.14. The first-order valence-electron chi connectivity index (χ1n) is 9.14. The Labute approximate surface area is 150 Å². The molecule has 0 bridgehead atoms. The van der Waals surface area contributed by atoms with Gasteiger partial charge in [-0.25, -0.2) is 0 Å². The maximum Gasteiger partial charge on any atom is 0.306 e. The number of carbonyl (C=O) groups is 2. The van der Waals surface area contributed by atoms with Crippen LogP contribution in [0.4, 0.5) is 0 Å². The van der Waals surface area contributed by atoms with E-state index < -0.39 is 5.97 Å². The Kier molecular flexibility index (Phi) is 7.29. The van der Waals surface area contributed by atoms with Crippen LogP contribution in [0.5, 0.6) is 5.75 Å². The molecular weight excluding hydrogens is 318 g/mol. The molecule has 0 radical (unpaired) electrons. The van der Waals surface area contributed by atoms with Crippen LogP contribution < -0.4 is 4.74 Å². The molecule has 1 aromatic rings. The number of benzene rings is 1. The van der Waals surface area contributed by atoms with Gasteiger partial charge in [0.25, 0.3) is 0 Å². The van der Waals surface area contributed by atoms with E-state index in [1.54, 1.807) is 7.11 Å². The molecule has 1 saturated heterocycles. The molecule has 2 rings (SSSR count). The first kappa shape index (κ1) is 19.3. The molecule has 1 aromatic carbocycles. The number of carboxylic acid groups (broad SMARTS) is 1. The molecule has 25 heavy (non-hydrogen) atoms. The summed E-state index contributed by atoms with van der Waals surface area (Å²) < 4.78 is 5.15. The fourth-order valence-corrected chi connectivity index (χ4v) is 3.47. The van der Waals surface area contributed by atoms with Crippen molar-refractivity contribution in [1.82, 2.24) is 4.90 Å². The van der Waals surface area contributed by atoms with Crippen LogP contribution in [0.1, 0.15) is 44.6 Å². The second-order valence-electron chi connectivity index (χ2n) is 6.96. The van der Waals surface area contributed by atoms with Crippen molar-refractivity contribution in [3.8, 4) is 5.75 Å². The van der Waals surface area contributed by atoms with Crippen LogP contribution in [-0.2, 0) is 16.0 Å². The summed E-state index contributed by atoms with van der Waals surface area (Å²) in [6, 6.07) is 8.11. The molecule has 5 heteroatoms. The lowest BCUT2D eigenvalue weighted by Crippen LogP contribution is -2.44. The van der Waals surface area contributed by atoms with Crippen LogP contribution >= 0.6 is 0 Å². The molecular formula is C20H29NO4. The van der Waals surface area contributed by atoms with Gasteiger partial charge in [-0.05, 0) is 49.3 Å². The third-order valence-electron chi connectivity index (χ3n) is 5.09. The maximum absolute atomic E-state index is 12.3.